The van der Waals surface area contributed by atoms with Crippen LogP contribution in [0.1, 0.15) is 185 Å². The van der Waals surface area contributed by atoms with E-state index in [4.69, 9.17) is 4.74 Å². The molecule has 0 unspecified atom stereocenters. The Labute approximate surface area is 306 Å². The summed E-state index contributed by atoms with van der Waals surface area (Å²) >= 11 is 0. The van der Waals surface area contributed by atoms with Crippen molar-refractivity contribution >= 4 is 32.4 Å². The molecule has 0 saturated carbocycles. The minimum Gasteiger partial charge on any atom is -0.506 e. The molecule has 0 aliphatic heterocycles. The normalized spacial score (nSPS) is 11.7. The maximum Gasteiger partial charge on any atom is 0.255 e. The van der Waals surface area contributed by atoms with E-state index in [2.05, 4.69) is 23.9 Å². The van der Waals surface area contributed by atoms with Crippen molar-refractivity contribution in [1.82, 2.24) is 5.32 Å². The van der Waals surface area contributed by atoms with E-state index in [0.29, 0.717) is 42.5 Å². The second kappa shape index (κ2) is 28.3. The summed E-state index contributed by atoms with van der Waals surface area (Å²) in [7, 11) is -3.61. The number of anilines is 1. The molecular weight excluding hydrogens is 645 g/mol. The van der Waals surface area contributed by atoms with Crippen molar-refractivity contribution in [3.63, 3.8) is 0 Å². The summed E-state index contributed by atoms with van der Waals surface area (Å²) in [5.74, 6) is -0.574. The molecule has 0 aliphatic rings. The van der Waals surface area contributed by atoms with Gasteiger partial charge in [-0.15, -0.1) is 0 Å². The van der Waals surface area contributed by atoms with Gasteiger partial charge in [-0.3, -0.25) is 9.52 Å². The Balaban J connectivity index is 1.65. The molecule has 50 heavy (non-hydrogen) atoms. The third-order valence-electron chi connectivity index (χ3n) is 9.69. The maximum atomic E-state index is 13.0. The van der Waals surface area contributed by atoms with Gasteiger partial charge < -0.3 is 15.2 Å². The lowest BCUT2D eigenvalue weighted by atomic mass is 10.0. The zero-order valence-corrected chi connectivity index (χ0v) is 32.7. The number of unbranched alkanes of at least 4 members (excludes halogenated alkanes) is 22. The smallest absolute Gasteiger partial charge is 0.255 e. The van der Waals surface area contributed by atoms with Crippen LogP contribution < -0.4 is 10.0 Å². The van der Waals surface area contributed by atoms with Gasteiger partial charge in [-0.05, 0) is 36.8 Å². The van der Waals surface area contributed by atoms with Gasteiger partial charge in [0.1, 0.15) is 5.75 Å². The highest BCUT2D eigenvalue weighted by Gasteiger charge is 2.18. The van der Waals surface area contributed by atoms with E-state index in [1.165, 1.54) is 122 Å². The van der Waals surface area contributed by atoms with Crippen LogP contribution in [0.5, 0.6) is 5.75 Å². The summed E-state index contributed by atoms with van der Waals surface area (Å²) in [4.78, 5) is 12.9. The quantitative estimate of drug-likeness (QED) is 0.0638. The van der Waals surface area contributed by atoms with Crippen LogP contribution in [0.25, 0.3) is 10.8 Å². The molecule has 0 atom stereocenters. The van der Waals surface area contributed by atoms with Crippen LogP contribution in [0.15, 0.2) is 30.3 Å². The molecule has 2 rings (SSSR count). The van der Waals surface area contributed by atoms with Gasteiger partial charge in [0, 0.05) is 25.1 Å². The molecular formula is C42H72N2O5S. The van der Waals surface area contributed by atoms with Crippen LogP contribution in [0.2, 0.25) is 0 Å². The predicted octanol–water partition coefficient (Wildman–Crippen LogP) is 11.8. The first-order valence-electron chi connectivity index (χ1n) is 20.5. The average Bonchev–Trinajstić information content (AvgIpc) is 3.10. The molecule has 0 aliphatic carbocycles. The number of ether oxygens (including phenoxy) is 1. The van der Waals surface area contributed by atoms with Gasteiger partial charge in [0.2, 0.25) is 10.0 Å². The zero-order chi connectivity index (χ0) is 36.1. The number of phenolic OH excluding ortho intramolecular Hbond substituents is 1. The molecule has 0 spiro atoms. The van der Waals surface area contributed by atoms with E-state index >= 15 is 0 Å². The van der Waals surface area contributed by atoms with E-state index in [9.17, 15) is 18.3 Å². The highest BCUT2D eigenvalue weighted by atomic mass is 32.2. The molecule has 0 fully saturated rings. The van der Waals surface area contributed by atoms with Gasteiger partial charge in [0.25, 0.3) is 5.91 Å². The summed E-state index contributed by atoms with van der Waals surface area (Å²) in [6.45, 7) is 6.26. The number of benzene rings is 2. The first kappa shape index (κ1) is 43.8. The van der Waals surface area contributed by atoms with E-state index in [-0.39, 0.29) is 23.0 Å². The largest absolute Gasteiger partial charge is 0.506 e. The van der Waals surface area contributed by atoms with Gasteiger partial charge in [0.15, 0.2) is 0 Å². The van der Waals surface area contributed by atoms with E-state index < -0.39 is 10.0 Å². The number of sulfonamides is 1. The molecule has 286 valence electrons. The Morgan fingerprint density at radius 1 is 0.620 bits per heavy atom. The number of phenols is 1. The summed E-state index contributed by atoms with van der Waals surface area (Å²) in [6.07, 6.45) is 30.6. The molecule has 8 heteroatoms. The molecule has 7 nitrogen and oxygen atoms in total. The van der Waals surface area contributed by atoms with Crippen LogP contribution in [0.4, 0.5) is 5.69 Å². The molecule has 0 radical (unpaired) electrons. The molecule has 2 aromatic carbocycles. The molecule has 0 aromatic heterocycles. The fourth-order valence-corrected chi connectivity index (χ4v) is 7.79. The number of hydrogen-bond acceptors (Lipinski definition) is 5. The molecule has 0 heterocycles. The highest BCUT2D eigenvalue weighted by Crippen LogP contribution is 2.35. The lowest BCUT2D eigenvalue weighted by Gasteiger charge is -2.14. The van der Waals surface area contributed by atoms with Crippen molar-refractivity contribution in [1.29, 1.82) is 0 Å². The van der Waals surface area contributed by atoms with Crippen molar-refractivity contribution in [3.8, 4) is 5.75 Å². The van der Waals surface area contributed by atoms with Crippen LogP contribution in [0, 0.1) is 0 Å². The number of aromatic hydroxyl groups is 1. The number of amides is 1. The van der Waals surface area contributed by atoms with Crippen LogP contribution in [-0.2, 0) is 14.8 Å². The molecule has 3 N–H and O–H groups in total. The van der Waals surface area contributed by atoms with Gasteiger partial charge in [-0.25, -0.2) is 8.42 Å². The van der Waals surface area contributed by atoms with Gasteiger partial charge in [-0.1, -0.05) is 173 Å². The first-order valence-corrected chi connectivity index (χ1v) is 22.2. The summed E-state index contributed by atoms with van der Waals surface area (Å²) < 4.78 is 34.4. The van der Waals surface area contributed by atoms with Crippen molar-refractivity contribution in [2.24, 2.45) is 0 Å². The summed E-state index contributed by atoms with van der Waals surface area (Å²) in [6, 6.07) is 8.51. The van der Waals surface area contributed by atoms with Crippen LogP contribution in [-0.4, -0.2) is 44.9 Å². The molecule has 0 bridgehead atoms. The van der Waals surface area contributed by atoms with Crippen molar-refractivity contribution in [2.45, 2.75) is 174 Å². The fraction of sp³-hybridized carbons (Fsp3) is 0.738. The molecule has 1 amide bonds. The SMILES string of the molecule is CCCCCCCCCCCCCCCCS(=O)(=O)Nc1cccc2ccc(C(=O)NCCCOCCCCCCCCCCCC)c(O)c12. The number of hydrogen-bond donors (Lipinski definition) is 3. The van der Waals surface area contributed by atoms with Crippen molar-refractivity contribution < 1.29 is 23.1 Å². The van der Waals surface area contributed by atoms with E-state index in [0.717, 1.165) is 32.3 Å². The maximum absolute atomic E-state index is 13.0. The lowest BCUT2D eigenvalue weighted by Crippen LogP contribution is -2.25. The minimum atomic E-state index is -3.61. The van der Waals surface area contributed by atoms with Crippen molar-refractivity contribution in [2.75, 3.05) is 30.2 Å². The van der Waals surface area contributed by atoms with Gasteiger partial charge >= 0.3 is 0 Å². The fourth-order valence-electron chi connectivity index (χ4n) is 6.60. The standard InChI is InChI=1S/C42H72N2O5S/c1-3-5-7-9-11-13-15-16-17-18-20-22-24-26-36-50(47,48)44-39-30-27-29-37-31-32-38(41(45)40(37)39)42(46)43-33-28-35-49-34-25-23-21-19-14-12-10-8-6-4-2/h27,29-32,44-45H,3-26,28,33-36H2,1-2H3,(H,43,46). The Morgan fingerprint density at radius 2 is 1.10 bits per heavy atom. The topological polar surface area (TPSA) is 105 Å². The van der Waals surface area contributed by atoms with E-state index in [1.807, 2.05) is 0 Å². The Bertz CT molecular complexity index is 1270. The monoisotopic (exact) mass is 717 g/mol. The van der Waals surface area contributed by atoms with E-state index in [1.54, 1.807) is 30.3 Å². The zero-order valence-electron chi connectivity index (χ0n) is 31.9. The Kier molecular flexibility index (Phi) is 24.8. The summed E-state index contributed by atoms with van der Waals surface area (Å²) in [5.41, 5.74) is 0.419. The number of carbonyl (C=O) groups is 1. The highest BCUT2D eigenvalue weighted by molar-refractivity contribution is 7.92. The third kappa shape index (κ3) is 19.9. The van der Waals surface area contributed by atoms with Gasteiger partial charge in [0.05, 0.1) is 17.0 Å². The average molecular weight is 717 g/mol. The van der Waals surface area contributed by atoms with Crippen LogP contribution in [0.3, 0.4) is 0 Å². The Morgan fingerprint density at radius 3 is 1.64 bits per heavy atom. The third-order valence-corrected chi connectivity index (χ3v) is 11.0. The van der Waals surface area contributed by atoms with Crippen LogP contribution >= 0.6 is 0 Å². The first-order chi connectivity index (χ1) is 24.4. The number of carbonyl (C=O) groups excluding carboxylic acids is 1. The molecule has 0 saturated heterocycles. The minimum absolute atomic E-state index is 0.0314. The Hall–Kier alpha value is -2.32. The number of fused-ring (bicyclic) bond motifs is 1. The van der Waals surface area contributed by atoms with Crippen molar-refractivity contribution in [3.05, 3.63) is 35.9 Å². The number of rotatable bonds is 33. The predicted molar refractivity (Wildman–Crippen MR) is 213 cm³/mol. The lowest BCUT2D eigenvalue weighted by molar-refractivity contribution is 0.0937. The second-order valence-electron chi connectivity index (χ2n) is 14.3. The van der Waals surface area contributed by atoms with Gasteiger partial charge in [-0.2, -0.15) is 0 Å². The second-order valence-corrected chi connectivity index (χ2v) is 16.1. The number of nitrogens with one attached hydrogen (secondary N) is 2. The summed E-state index contributed by atoms with van der Waals surface area (Å²) in [5, 5.41) is 15.0. The molecule has 2 aromatic rings.